The number of carbonyl (C=O) groups excluding carboxylic acids is 1. The van der Waals surface area contributed by atoms with Gasteiger partial charge in [0, 0.05) is 5.41 Å². The first-order chi connectivity index (χ1) is 14.4. The summed E-state index contributed by atoms with van der Waals surface area (Å²) in [7, 11) is 0. The zero-order valence-corrected chi connectivity index (χ0v) is 17.1. The van der Waals surface area contributed by atoms with Crippen molar-refractivity contribution in [2.75, 3.05) is 11.9 Å². The second kappa shape index (κ2) is 7.82. The Morgan fingerprint density at radius 2 is 2.03 bits per heavy atom. The highest BCUT2D eigenvalue weighted by atomic mass is 19.1. The van der Waals surface area contributed by atoms with Crippen LogP contribution in [0.4, 0.5) is 10.2 Å². The minimum absolute atomic E-state index is 0.156. The van der Waals surface area contributed by atoms with Crippen molar-refractivity contribution in [2.24, 2.45) is 5.92 Å². The van der Waals surface area contributed by atoms with Gasteiger partial charge in [0.2, 0.25) is 5.91 Å². The Labute approximate surface area is 174 Å². The van der Waals surface area contributed by atoms with Crippen molar-refractivity contribution in [1.82, 2.24) is 15.0 Å². The highest BCUT2D eigenvalue weighted by Crippen LogP contribution is 2.55. The Morgan fingerprint density at radius 3 is 2.73 bits per heavy atom. The number of nitrogens with zero attached hydrogens (tertiary/aromatic N) is 3. The molecule has 0 saturated heterocycles. The van der Waals surface area contributed by atoms with E-state index in [1.807, 2.05) is 39.0 Å². The molecule has 2 atom stereocenters. The van der Waals surface area contributed by atoms with Gasteiger partial charge in [0.15, 0.2) is 5.75 Å². The SMILES string of the molecule is Cc1cccc(C2(COc3cnc(C)nc3C)CC2C(=O)Nc2ccc(F)cn2)c1. The number of anilines is 1. The largest absolute Gasteiger partial charge is 0.489 e. The molecular weight excluding hydrogens is 383 g/mol. The molecule has 1 saturated carbocycles. The van der Waals surface area contributed by atoms with Crippen molar-refractivity contribution in [1.29, 1.82) is 0 Å². The van der Waals surface area contributed by atoms with Crippen LogP contribution in [0.3, 0.4) is 0 Å². The number of hydrogen-bond donors (Lipinski definition) is 1. The molecule has 3 aromatic rings. The number of benzene rings is 1. The number of aromatic nitrogens is 3. The van der Waals surface area contributed by atoms with Gasteiger partial charge in [0.05, 0.1) is 30.6 Å². The van der Waals surface area contributed by atoms with Crippen molar-refractivity contribution in [3.05, 3.63) is 77.3 Å². The zero-order valence-electron chi connectivity index (χ0n) is 17.1. The standard InChI is InChI=1S/C23H23FN4O2/c1-14-5-4-6-17(9-14)23(13-30-20-12-25-16(3)27-15(20)2)10-19(23)22(29)28-21-8-7-18(24)11-26-21/h4-9,11-12,19H,10,13H2,1-3H3,(H,26,28,29). The Hall–Kier alpha value is -3.35. The van der Waals surface area contributed by atoms with Crippen LogP contribution >= 0.6 is 0 Å². The summed E-state index contributed by atoms with van der Waals surface area (Å²) >= 11 is 0. The smallest absolute Gasteiger partial charge is 0.229 e. The molecule has 154 valence electrons. The summed E-state index contributed by atoms with van der Waals surface area (Å²) in [5.41, 5.74) is 2.49. The average Bonchev–Trinajstić information content (AvgIpc) is 3.45. The van der Waals surface area contributed by atoms with Crippen LogP contribution in [0.1, 0.15) is 29.1 Å². The van der Waals surface area contributed by atoms with E-state index in [1.165, 1.54) is 12.1 Å². The van der Waals surface area contributed by atoms with E-state index in [0.29, 0.717) is 30.4 Å². The first-order valence-corrected chi connectivity index (χ1v) is 9.80. The Kier molecular flexibility index (Phi) is 5.20. The van der Waals surface area contributed by atoms with E-state index in [9.17, 15) is 9.18 Å². The predicted molar refractivity (Wildman–Crippen MR) is 111 cm³/mol. The van der Waals surface area contributed by atoms with Crippen molar-refractivity contribution in [3.63, 3.8) is 0 Å². The Morgan fingerprint density at radius 1 is 1.20 bits per heavy atom. The van der Waals surface area contributed by atoms with Gasteiger partial charge in [-0.05, 0) is 44.9 Å². The molecule has 2 unspecified atom stereocenters. The third-order valence-corrected chi connectivity index (χ3v) is 5.50. The number of halogens is 1. The van der Waals surface area contributed by atoms with Gasteiger partial charge in [-0.3, -0.25) is 4.79 Å². The maximum absolute atomic E-state index is 13.1. The molecule has 1 aromatic carbocycles. The number of amides is 1. The molecule has 0 aliphatic heterocycles. The number of hydrogen-bond acceptors (Lipinski definition) is 5. The number of pyridine rings is 1. The molecule has 2 aromatic heterocycles. The highest BCUT2D eigenvalue weighted by molar-refractivity contribution is 5.95. The number of rotatable bonds is 6. The molecule has 1 N–H and O–H groups in total. The van der Waals surface area contributed by atoms with Crippen LogP contribution in [-0.4, -0.2) is 27.5 Å². The lowest BCUT2D eigenvalue weighted by Gasteiger charge is -2.20. The van der Waals surface area contributed by atoms with E-state index in [4.69, 9.17) is 4.74 Å². The highest BCUT2D eigenvalue weighted by Gasteiger charge is 2.60. The van der Waals surface area contributed by atoms with Crippen LogP contribution in [-0.2, 0) is 10.2 Å². The summed E-state index contributed by atoms with van der Waals surface area (Å²) < 4.78 is 19.2. The van der Waals surface area contributed by atoms with Crippen molar-refractivity contribution < 1.29 is 13.9 Å². The summed E-state index contributed by atoms with van der Waals surface area (Å²) in [4.78, 5) is 25.4. The van der Waals surface area contributed by atoms with Crippen LogP contribution in [0.15, 0.2) is 48.8 Å². The van der Waals surface area contributed by atoms with Gasteiger partial charge in [-0.15, -0.1) is 0 Å². The van der Waals surface area contributed by atoms with E-state index in [1.54, 1.807) is 6.20 Å². The number of carbonyl (C=O) groups is 1. The Balaban J connectivity index is 1.56. The van der Waals surface area contributed by atoms with Gasteiger partial charge in [-0.1, -0.05) is 29.8 Å². The second-order valence-electron chi connectivity index (χ2n) is 7.79. The first-order valence-electron chi connectivity index (χ1n) is 9.80. The maximum atomic E-state index is 13.1. The van der Waals surface area contributed by atoms with Gasteiger partial charge < -0.3 is 10.1 Å². The van der Waals surface area contributed by atoms with E-state index in [2.05, 4.69) is 26.3 Å². The molecule has 4 rings (SSSR count). The average molecular weight is 406 g/mol. The molecule has 0 spiro atoms. The van der Waals surface area contributed by atoms with E-state index in [0.717, 1.165) is 23.0 Å². The van der Waals surface area contributed by atoms with Crippen LogP contribution < -0.4 is 10.1 Å². The number of nitrogens with one attached hydrogen (secondary N) is 1. The van der Waals surface area contributed by atoms with E-state index in [-0.39, 0.29) is 11.8 Å². The molecule has 0 radical (unpaired) electrons. The second-order valence-corrected chi connectivity index (χ2v) is 7.79. The lowest BCUT2D eigenvalue weighted by Crippen LogP contribution is -2.27. The Bertz CT molecular complexity index is 1090. The fraction of sp³-hybridized carbons (Fsp3) is 0.304. The molecule has 6 nitrogen and oxygen atoms in total. The molecule has 7 heteroatoms. The fourth-order valence-electron chi connectivity index (χ4n) is 3.75. The monoisotopic (exact) mass is 406 g/mol. The third kappa shape index (κ3) is 4.01. The molecule has 1 aliphatic carbocycles. The van der Waals surface area contributed by atoms with Gasteiger partial charge >= 0.3 is 0 Å². The minimum Gasteiger partial charge on any atom is -0.489 e. The molecule has 2 heterocycles. The minimum atomic E-state index is -0.451. The fourth-order valence-corrected chi connectivity index (χ4v) is 3.75. The lowest BCUT2D eigenvalue weighted by atomic mass is 9.92. The van der Waals surface area contributed by atoms with Gasteiger partial charge in [-0.25, -0.2) is 19.3 Å². The van der Waals surface area contributed by atoms with Crippen LogP contribution in [0.2, 0.25) is 0 Å². The van der Waals surface area contributed by atoms with Crippen LogP contribution in [0.5, 0.6) is 5.75 Å². The van der Waals surface area contributed by atoms with E-state index < -0.39 is 11.2 Å². The summed E-state index contributed by atoms with van der Waals surface area (Å²) in [5, 5.41) is 2.79. The lowest BCUT2D eigenvalue weighted by molar-refractivity contribution is -0.117. The summed E-state index contributed by atoms with van der Waals surface area (Å²) in [6, 6.07) is 10.8. The zero-order chi connectivity index (χ0) is 21.3. The van der Waals surface area contributed by atoms with Crippen LogP contribution in [0, 0.1) is 32.5 Å². The topological polar surface area (TPSA) is 77.0 Å². The van der Waals surface area contributed by atoms with Gasteiger partial charge in [0.25, 0.3) is 0 Å². The maximum Gasteiger partial charge on any atom is 0.229 e. The third-order valence-electron chi connectivity index (χ3n) is 5.50. The molecular formula is C23H23FN4O2. The number of aryl methyl sites for hydroxylation is 3. The molecule has 1 amide bonds. The molecule has 0 bridgehead atoms. The predicted octanol–water partition coefficient (Wildman–Crippen LogP) is 3.91. The van der Waals surface area contributed by atoms with E-state index >= 15 is 0 Å². The van der Waals surface area contributed by atoms with Crippen LogP contribution in [0.25, 0.3) is 0 Å². The molecule has 1 aliphatic rings. The quantitative estimate of drug-likeness (QED) is 0.672. The summed E-state index contributed by atoms with van der Waals surface area (Å²) in [6.07, 6.45) is 3.40. The summed E-state index contributed by atoms with van der Waals surface area (Å²) in [6.45, 7) is 6.06. The van der Waals surface area contributed by atoms with Crippen molar-refractivity contribution in [2.45, 2.75) is 32.6 Å². The molecule has 1 fully saturated rings. The first kappa shape index (κ1) is 19.9. The van der Waals surface area contributed by atoms with Crippen molar-refractivity contribution in [3.8, 4) is 5.75 Å². The normalized spacial score (nSPS) is 19.9. The van der Waals surface area contributed by atoms with Gasteiger partial charge in [0.1, 0.15) is 17.5 Å². The molecule has 30 heavy (non-hydrogen) atoms. The number of ether oxygens (including phenoxy) is 1. The van der Waals surface area contributed by atoms with Gasteiger partial charge in [-0.2, -0.15) is 0 Å². The summed E-state index contributed by atoms with van der Waals surface area (Å²) in [5.74, 6) is 0.740. The van der Waals surface area contributed by atoms with Crippen molar-refractivity contribution >= 4 is 11.7 Å².